The summed E-state index contributed by atoms with van der Waals surface area (Å²) in [6, 6.07) is 4.13. The molecule has 0 spiro atoms. The Morgan fingerprint density at radius 3 is 2.47 bits per heavy atom. The molecule has 1 aliphatic rings. The van der Waals surface area contributed by atoms with Gasteiger partial charge in [-0.2, -0.15) is 0 Å². The molecule has 0 radical (unpaired) electrons. The van der Waals surface area contributed by atoms with Crippen molar-refractivity contribution in [2.45, 2.75) is 32.7 Å². The highest BCUT2D eigenvalue weighted by molar-refractivity contribution is 5.20. The molecule has 19 heavy (non-hydrogen) atoms. The number of benzene rings is 1. The molecule has 1 atom stereocenters. The molecule has 1 aromatic rings. The summed E-state index contributed by atoms with van der Waals surface area (Å²) in [7, 11) is 0. The highest BCUT2D eigenvalue weighted by atomic mass is 19.1. The average molecular weight is 269 g/mol. The predicted octanol–water partition coefficient (Wildman–Crippen LogP) is 2.91. The van der Waals surface area contributed by atoms with E-state index in [-0.39, 0.29) is 5.41 Å². The second-order valence-electron chi connectivity index (χ2n) is 5.79. The van der Waals surface area contributed by atoms with Gasteiger partial charge in [0.25, 0.3) is 0 Å². The average Bonchev–Trinajstić information content (AvgIpc) is 2.74. The Kier molecular flexibility index (Phi) is 4.53. The predicted molar refractivity (Wildman–Crippen MR) is 71.1 cm³/mol. The molecule has 0 amide bonds. The number of rotatable bonds is 5. The number of hydrogen-bond donors (Lipinski definition) is 1. The summed E-state index contributed by atoms with van der Waals surface area (Å²) in [5.74, 6) is -1.03. The third-order valence-corrected chi connectivity index (χ3v) is 3.57. The van der Waals surface area contributed by atoms with E-state index in [9.17, 15) is 8.78 Å². The minimum atomic E-state index is -0.513. The molecule has 0 saturated carbocycles. The van der Waals surface area contributed by atoms with E-state index in [0.29, 0.717) is 24.6 Å². The van der Waals surface area contributed by atoms with Gasteiger partial charge >= 0.3 is 0 Å². The van der Waals surface area contributed by atoms with Crippen molar-refractivity contribution >= 4 is 0 Å². The highest BCUT2D eigenvalue weighted by Gasteiger charge is 2.35. The van der Waals surface area contributed by atoms with Crippen molar-refractivity contribution in [2.75, 3.05) is 19.8 Å². The molecule has 0 aromatic heterocycles. The van der Waals surface area contributed by atoms with Gasteiger partial charge in [0.2, 0.25) is 0 Å². The summed E-state index contributed by atoms with van der Waals surface area (Å²) in [5, 5.41) is 3.41. The van der Waals surface area contributed by atoms with Crippen LogP contribution < -0.4 is 5.32 Å². The fraction of sp³-hybridized carbons (Fsp3) is 0.600. The van der Waals surface area contributed by atoms with E-state index in [1.54, 1.807) is 0 Å². The Bertz CT molecular complexity index is 408. The molecule has 2 rings (SSSR count). The molecule has 2 nitrogen and oxygen atoms in total. The van der Waals surface area contributed by atoms with Crippen molar-refractivity contribution in [3.05, 3.63) is 35.4 Å². The minimum absolute atomic E-state index is 0.0511. The van der Waals surface area contributed by atoms with E-state index in [1.807, 2.05) is 0 Å². The van der Waals surface area contributed by atoms with Crippen LogP contribution in [0.3, 0.4) is 0 Å². The Hall–Kier alpha value is -1.00. The second-order valence-corrected chi connectivity index (χ2v) is 5.79. The summed E-state index contributed by atoms with van der Waals surface area (Å²) in [5.41, 5.74) is 0.651. The van der Waals surface area contributed by atoms with Crippen LogP contribution in [0.5, 0.6) is 0 Å². The first kappa shape index (κ1) is 14.4. The SMILES string of the molecule is CC(C)NCC1(Cc2cc(F)cc(F)c2)CCOC1. The number of ether oxygens (including phenoxy) is 1. The van der Waals surface area contributed by atoms with Crippen LogP contribution in [0, 0.1) is 17.0 Å². The lowest BCUT2D eigenvalue weighted by Crippen LogP contribution is -2.39. The molecule has 1 fully saturated rings. The van der Waals surface area contributed by atoms with Crippen molar-refractivity contribution in [2.24, 2.45) is 5.41 Å². The summed E-state index contributed by atoms with van der Waals surface area (Å²) in [6.07, 6.45) is 1.56. The quantitative estimate of drug-likeness (QED) is 0.887. The summed E-state index contributed by atoms with van der Waals surface area (Å²) >= 11 is 0. The van der Waals surface area contributed by atoms with E-state index >= 15 is 0 Å². The summed E-state index contributed by atoms with van der Waals surface area (Å²) in [6.45, 7) is 6.35. The van der Waals surface area contributed by atoms with E-state index in [2.05, 4.69) is 19.2 Å². The van der Waals surface area contributed by atoms with Gasteiger partial charge in [0.05, 0.1) is 6.61 Å². The number of hydrogen-bond acceptors (Lipinski definition) is 2. The smallest absolute Gasteiger partial charge is 0.126 e. The molecule has 106 valence electrons. The Morgan fingerprint density at radius 2 is 1.95 bits per heavy atom. The van der Waals surface area contributed by atoms with Crippen LogP contribution in [0.1, 0.15) is 25.8 Å². The lowest BCUT2D eigenvalue weighted by molar-refractivity contribution is 0.148. The van der Waals surface area contributed by atoms with Crippen LogP contribution in [0.15, 0.2) is 18.2 Å². The monoisotopic (exact) mass is 269 g/mol. The molecule has 1 heterocycles. The third kappa shape index (κ3) is 3.98. The van der Waals surface area contributed by atoms with E-state index in [1.165, 1.54) is 12.1 Å². The topological polar surface area (TPSA) is 21.3 Å². The Morgan fingerprint density at radius 1 is 1.26 bits per heavy atom. The summed E-state index contributed by atoms with van der Waals surface area (Å²) in [4.78, 5) is 0. The van der Waals surface area contributed by atoms with Crippen LogP contribution in [-0.4, -0.2) is 25.8 Å². The number of halogens is 2. The molecule has 1 saturated heterocycles. The molecular formula is C15H21F2NO. The minimum Gasteiger partial charge on any atom is -0.381 e. The van der Waals surface area contributed by atoms with Crippen LogP contribution in [0.25, 0.3) is 0 Å². The van der Waals surface area contributed by atoms with Crippen molar-refractivity contribution in [1.29, 1.82) is 0 Å². The normalized spacial score (nSPS) is 23.2. The van der Waals surface area contributed by atoms with Gasteiger partial charge in [-0.25, -0.2) is 8.78 Å². The van der Waals surface area contributed by atoms with Gasteiger partial charge in [0.1, 0.15) is 11.6 Å². The van der Waals surface area contributed by atoms with Gasteiger partial charge in [0, 0.05) is 30.7 Å². The molecule has 1 aromatic carbocycles. The molecule has 1 N–H and O–H groups in total. The van der Waals surface area contributed by atoms with Crippen molar-refractivity contribution < 1.29 is 13.5 Å². The maximum atomic E-state index is 13.3. The van der Waals surface area contributed by atoms with Crippen molar-refractivity contribution in [3.8, 4) is 0 Å². The first-order valence-corrected chi connectivity index (χ1v) is 6.75. The van der Waals surface area contributed by atoms with Gasteiger partial charge in [-0.1, -0.05) is 13.8 Å². The van der Waals surface area contributed by atoms with Crippen LogP contribution in [-0.2, 0) is 11.2 Å². The third-order valence-electron chi connectivity index (χ3n) is 3.57. The molecule has 0 bridgehead atoms. The standard InChI is InChI=1S/C15H21F2NO/c1-11(2)18-9-15(3-4-19-10-15)8-12-5-13(16)7-14(17)6-12/h5-7,11,18H,3-4,8-10H2,1-2H3. The fourth-order valence-corrected chi connectivity index (χ4v) is 2.56. The van der Waals surface area contributed by atoms with Crippen LogP contribution in [0.4, 0.5) is 8.78 Å². The van der Waals surface area contributed by atoms with E-state index in [4.69, 9.17) is 4.74 Å². The van der Waals surface area contributed by atoms with Crippen LogP contribution >= 0.6 is 0 Å². The second kappa shape index (κ2) is 5.97. The first-order chi connectivity index (χ1) is 8.99. The van der Waals surface area contributed by atoms with E-state index < -0.39 is 11.6 Å². The van der Waals surface area contributed by atoms with E-state index in [0.717, 1.165) is 25.6 Å². The van der Waals surface area contributed by atoms with Crippen molar-refractivity contribution in [3.63, 3.8) is 0 Å². The zero-order chi connectivity index (χ0) is 13.9. The molecule has 4 heteroatoms. The maximum absolute atomic E-state index is 13.3. The zero-order valence-corrected chi connectivity index (χ0v) is 11.5. The zero-order valence-electron chi connectivity index (χ0n) is 11.5. The summed E-state index contributed by atoms with van der Waals surface area (Å²) < 4.78 is 32.0. The molecule has 1 unspecified atom stereocenters. The van der Waals surface area contributed by atoms with Gasteiger partial charge < -0.3 is 10.1 Å². The highest BCUT2D eigenvalue weighted by Crippen LogP contribution is 2.32. The number of nitrogens with one attached hydrogen (secondary N) is 1. The Labute approximate surface area is 113 Å². The molecular weight excluding hydrogens is 248 g/mol. The van der Waals surface area contributed by atoms with Gasteiger partial charge in [-0.15, -0.1) is 0 Å². The van der Waals surface area contributed by atoms with Crippen molar-refractivity contribution in [1.82, 2.24) is 5.32 Å². The lowest BCUT2D eigenvalue weighted by atomic mass is 9.80. The Balaban J connectivity index is 2.11. The lowest BCUT2D eigenvalue weighted by Gasteiger charge is -2.29. The molecule has 0 aliphatic carbocycles. The fourth-order valence-electron chi connectivity index (χ4n) is 2.56. The maximum Gasteiger partial charge on any atom is 0.126 e. The first-order valence-electron chi connectivity index (χ1n) is 6.75. The van der Waals surface area contributed by atoms with Gasteiger partial charge in [-0.3, -0.25) is 0 Å². The van der Waals surface area contributed by atoms with Crippen LogP contribution in [0.2, 0.25) is 0 Å². The van der Waals surface area contributed by atoms with Gasteiger partial charge in [-0.05, 0) is 30.5 Å². The molecule has 1 aliphatic heterocycles. The largest absolute Gasteiger partial charge is 0.381 e. The van der Waals surface area contributed by atoms with Gasteiger partial charge in [0.15, 0.2) is 0 Å².